The number of aryl methyl sites for hydroxylation is 1. The molecule has 0 saturated carbocycles. The molecule has 4 rings (SSSR count). The zero-order valence-electron chi connectivity index (χ0n) is 17.7. The van der Waals surface area contributed by atoms with E-state index in [1.165, 1.54) is 0 Å². The summed E-state index contributed by atoms with van der Waals surface area (Å²) in [6.45, 7) is 2.73. The summed E-state index contributed by atoms with van der Waals surface area (Å²) in [7, 11) is 0. The van der Waals surface area contributed by atoms with Crippen molar-refractivity contribution >= 4 is 27.4 Å². The Bertz CT molecular complexity index is 1240. The first-order valence-corrected chi connectivity index (χ1v) is 11.2. The van der Waals surface area contributed by atoms with Crippen LogP contribution in [0.25, 0.3) is 16.6 Å². The number of nitrogens with zero attached hydrogens (tertiary/aromatic N) is 4. The second-order valence-corrected chi connectivity index (χ2v) is 8.12. The minimum atomic E-state index is -0.854. The Morgan fingerprint density at radius 2 is 2.00 bits per heavy atom. The number of carbonyl (C=O) groups is 1. The molecule has 1 N–H and O–H groups in total. The summed E-state index contributed by atoms with van der Waals surface area (Å²) in [4.78, 5) is 19.9. The van der Waals surface area contributed by atoms with Crippen molar-refractivity contribution < 1.29 is 14.6 Å². The summed E-state index contributed by atoms with van der Waals surface area (Å²) in [5.74, 6) is -0.854. The number of ether oxygens (including phenoxy) is 1. The van der Waals surface area contributed by atoms with E-state index in [9.17, 15) is 9.90 Å². The fraction of sp³-hybridized carbons (Fsp3) is 0.250. The fourth-order valence-corrected chi connectivity index (χ4v) is 4.21. The molecule has 0 atom stereocenters. The van der Waals surface area contributed by atoms with E-state index in [1.54, 1.807) is 18.6 Å². The summed E-state index contributed by atoms with van der Waals surface area (Å²) in [5, 5.41) is 14.3. The average molecular weight is 495 g/mol. The van der Waals surface area contributed by atoms with E-state index in [0.29, 0.717) is 17.6 Å². The Balaban J connectivity index is 1.83. The van der Waals surface area contributed by atoms with Crippen molar-refractivity contribution in [2.45, 2.75) is 39.4 Å². The number of pyridine rings is 2. The maximum atomic E-state index is 11.4. The minimum absolute atomic E-state index is 0.000314. The molecule has 0 amide bonds. The first-order chi connectivity index (χ1) is 15.6. The number of hydrogen-bond donors (Lipinski definition) is 1. The van der Waals surface area contributed by atoms with E-state index in [0.717, 1.165) is 45.6 Å². The van der Waals surface area contributed by atoms with Crippen LogP contribution in [0, 0.1) is 0 Å². The van der Waals surface area contributed by atoms with E-state index in [4.69, 9.17) is 9.84 Å². The summed E-state index contributed by atoms with van der Waals surface area (Å²) in [6, 6.07) is 11.8. The van der Waals surface area contributed by atoms with Gasteiger partial charge in [0.05, 0.1) is 24.4 Å². The van der Waals surface area contributed by atoms with Crippen molar-refractivity contribution in [3.8, 4) is 11.1 Å². The summed E-state index contributed by atoms with van der Waals surface area (Å²) in [6.07, 6.45) is 6.36. The highest BCUT2D eigenvalue weighted by Crippen LogP contribution is 2.36. The number of carboxylic acids is 1. The lowest BCUT2D eigenvalue weighted by Crippen LogP contribution is -2.12. The quantitative estimate of drug-likeness (QED) is 0.334. The van der Waals surface area contributed by atoms with Crippen molar-refractivity contribution in [2.75, 3.05) is 0 Å². The number of aliphatic carboxylic acids is 1. The van der Waals surface area contributed by atoms with Gasteiger partial charge in [0, 0.05) is 41.8 Å². The lowest BCUT2D eigenvalue weighted by Gasteiger charge is -2.18. The number of halogens is 1. The second kappa shape index (κ2) is 10.0. The number of aromatic nitrogens is 4. The number of carboxylic acid groups (broad SMARTS) is 1. The molecule has 0 unspecified atom stereocenters. The first kappa shape index (κ1) is 22.1. The SMILES string of the molecule is CCc1ccc2c(-c3cccnc3Br)c(CCC(=O)O)c(COCc3cccnc3)nn12. The van der Waals surface area contributed by atoms with Crippen LogP contribution in [-0.4, -0.2) is 30.7 Å². The van der Waals surface area contributed by atoms with Crippen LogP contribution >= 0.6 is 15.9 Å². The van der Waals surface area contributed by atoms with Crippen LogP contribution in [0.2, 0.25) is 0 Å². The third-order valence-corrected chi connectivity index (χ3v) is 5.90. The minimum Gasteiger partial charge on any atom is -0.481 e. The highest BCUT2D eigenvalue weighted by molar-refractivity contribution is 9.10. The van der Waals surface area contributed by atoms with E-state index in [2.05, 4.69) is 38.9 Å². The van der Waals surface area contributed by atoms with Crippen LogP contribution in [0.1, 0.15) is 35.9 Å². The van der Waals surface area contributed by atoms with Crippen LogP contribution in [0.4, 0.5) is 0 Å². The molecule has 0 fully saturated rings. The average Bonchev–Trinajstić information content (AvgIpc) is 3.21. The predicted molar refractivity (Wildman–Crippen MR) is 124 cm³/mol. The third kappa shape index (κ3) is 4.71. The number of rotatable bonds is 9. The van der Waals surface area contributed by atoms with Crippen molar-refractivity contribution in [3.63, 3.8) is 0 Å². The van der Waals surface area contributed by atoms with Gasteiger partial charge in [0.15, 0.2) is 0 Å². The van der Waals surface area contributed by atoms with E-state index in [1.807, 2.05) is 34.8 Å². The molecule has 0 aromatic carbocycles. The number of hydrogen-bond acceptors (Lipinski definition) is 5. The van der Waals surface area contributed by atoms with Gasteiger partial charge < -0.3 is 9.84 Å². The van der Waals surface area contributed by atoms with Gasteiger partial charge in [-0.25, -0.2) is 9.50 Å². The maximum absolute atomic E-state index is 11.4. The van der Waals surface area contributed by atoms with Gasteiger partial charge >= 0.3 is 5.97 Å². The topological polar surface area (TPSA) is 89.6 Å². The van der Waals surface area contributed by atoms with Gasteiger partial charge in [0.1, 0.15) is 4.60 Å². The van der Waals surface area contributed by atoms with E-state index >= 15 is 0 Å². The highest BCUT2D eigenvalue weighted by atomic mass is 79.9. The maximum Gasteiger partial charge on any atom is 0.303 e. The Morgan fingerprint density at radius 1 is 1.16 bits per heavy atom. The Labute approximate surface area is 194 Å². The van der Waals surface area contributed by atoms with Crippen LogP contribution in [0.15, 0.2) is 59.6 Å². The fourth-order valence-electron chi connectivity index (χ4n) is 3.77. The molecule has 0 spiro atoms. The van der Waals surface area contributed by atoms with Crippen LogP contribution < -0.4 is 0 Å². The van der Waals surface area contributed by atoms with Gasteiger partial charge in [-0.15, -0.1) is 0 Å². The van der Waals surface area contributed by atoms with Crippen molar-refractivity contribution in [2.24, 2.45) is 0 Å². The Hall–Kier alpha value is -3.10. The third-order valence-electron chi connectivity index (χ3n) is 5.27. The second-order valence-electron chi connectivity index (χ2n) is 7.37. The molecule has 0 saturated heterocycles. The van der Waals surface area contributed by atoms with Gasteiger partial charge in [-0.1, -0.05) is 19.1 Å². The predicted octanol–water partition coefficient (Wildman–Crippen LogP) is 4.85. The first-order valence-electron chi connectivity index (χ1n) is 10.4. The molecule has 0 aliphatic carbocycles. The molecular weight excluding hydrogens is 472 g/mol. The normalized spacial score (nSPS) is 11.2. The summed E-state index contributed by atoms with van der Waals surface area (Å²) >= 11 is 3.57. The molecule has 7 nitrogen and oxygen atoms in total. The van der Waals surface area contributed by atoms with Crippen molar-refractivity contribution in [1.29, 1.82) is 0 Å². The van der Waals surface area contributed by atoms with Crippen molar-refractivity contribution in [1.82, 2.24) is 19.6 Å². The van der Waals surface area contributed by atoms with Crippen LogP contribution in [-0.2, 0) is 35.6 Å². The van der Waals surface area contributed by atoms with Gasteiger partial charge in [-0.3, -0.25) is 9.78 Å². The van der Waals surface area contributed by atoms with Gasteiger partial charge in [0.2, 0.25) is 0 Å². The van der Waals surface area contributed by atoms with Crippen LogP contribution in [0.5, 0.6) is 0 Å². The molecule has 0 aliphatic heterocycles. The zero-order valence-corrected chi connectivity index (χ0v) is 19.2. The summed E-state index contributed by atoms with van der Waals surface area (Å²) in [5.41, 5.74) is 6.37. The molecule has 4 aromatic rings. The molecule has 0 bridgehead atoms. The van der Waals surface area contributed by atoms with Crippen molar-refractivity contribution in [3.05, 3.63) is 82.1 Å². The summed E-state index contributed by atoms with van der Waals surface area (Å²) < 4.78 is 8.62. The smallest absolute Gasteiger partial charge is 0.303 e. The Morgan fingerprint density at radius 3 is 2.72 bits per heavy atom. The molecular formula is C24H23BrN4O3. The molecule has 8 heteroatoms. The largest absolute Gasteiger partial charge is 0.481 e. The lowest BCUT2D eigenvalue weighted by molar-refractivity contribution is -0.136. The van der Waals surface area contributed by atoms with Crippen LogP contribution in [0.3, 0.4) is 0 Å². The molecule has 164 valence electrons. The standard InChI is InChI=1S/C24H23BrN4O3/c1-2-17-7-9-21-23(19-6-4-12-27-24(19)25)18(8-10-22(30)31)20(28-29(17)21)15-32-14-16-5-3-11-26-13-16/h3-7,9,11-13H,2,8,10,14-15H2,1H3,(H,30,31). The Kier molecular flexibility index (Phi) is 6.92. The molecule has 32 heavy (non-hydrogen) atoms. The molecule has 0 radical (unpaired) electrons. The monoisotopic (exact) mass is 494 g/mol. The number of fused-ring (bicyclic) bond motifs is 1. The molecule has 4 heterocycles. The highest BCUT2D eigenvalue weighted by Gasteiger charge is 2.21. The lowest BCUT2D eigenvalue weighted by atomic mass is 9.96. The zero-order chi connectivity index (χ0) is 22.5. The molecule has 0 aliphatic rings. The van der Waals surface area contributed by atoms with Gasteiger partial charge in [-0.2, -0.15) is 5.10 Å². The molecule has 4 aromatic heterocycles. The van der Waals surface area contributed by atoms with E-state index < -0.39 is 5.97 Å². The van der Waals surface area contributed by atoms with Gasteiger partial charge in [0.25, 0.3) is 0 Å². The van der Waals surface area contributed by atoms with Gasteiger partial charge in [-0.05, 0) is 64.2 Å². The van der Waals surface area contributed by atoms with E-state index in [-0.39, 0.29) is 13.0 Å².